The molecule has 1 N–H and O–H groups in total. The number of pyridine rings is 1. The van der Waals surface area contributed by atoms with Gasteiger partial charge in [-0.05, 0) is 44.5 Å². The highest BCUT2D eigenvalue weighted by Gasteiger charge is 2.06. The Balaban J connectivity index is 1.58. The molecule has 2 heterocycles. The Bertz CT molecular complexity index is 938. The number of rotatable bonds is 8. The third kappa shape index (κ3) is 5.50. The Morgan fingerprint density at radius 1 is 1.25 bits per heavy atom. The third-order valence-corrected chi connectivity index (χ3v) is 4.06. The lowest BCUT2D eigenvalue weighted by atomic mass is 10.2. The minimum absolute atomic E-state index is 0.0749. The van der Waals surface area contributed by atoms with Gasteiger partial charge in [-0.3, -0.25) is 0 Å². The first-order chi connectivity index (χ1) is 13.5. The molecule has 3 rings (SSSR count). The molecule has 0 unspecified atom stereocenters. The molecule has 0 saturated heterocycles. The van der Waals surface area contributed by atoms with Crippen molar-refractivity contribution in [3.05, 3.63) is 65.0 Å². The lowest BCUT2D eigenvalue weighted by Crippen LogP contribution is -2.10. The number of nitrogens with one attached hydrogen (secondary N) is 1. The van der Waals surface area contributed by atoms with E-state index in [0.717, 1.165) is 11.3 Å². The van der Waals surface area contributed by atoms with Crippen molar-refractivity contribution in [1.82, 2.24) is 10.1 Å². The highest BCUT2D eigenvalue weighted by atomic mass is 35.5. The van der Waals surface area contributed by atoms with Crippen LogP contribution in [-0.2, 0) is 0 Å². The Kier molecular flexibility index (Phi) is 6.55. The van der Waals surface area contributed by atoms with Crippen LogP contribution in [0.1, 0.15) is 25.1 Å². The first-order valence-corrected chi connectivity index (χ1v) is 9.35. The maximum Gasteiger partial charge on any atom is 0.225 e. The van der Waals surface area contributed by atoms with Crippen molar-refractivity contribution >= 4 is 23.6 Å². The van der Waals surface area contributed by atoms with Crippen LogP contribution < -0.4 is 14.8 Å². The third-order valence-electron chi connectivity index (χ3n) is 3.76. The largest absolute Gasteiger partial charge is 0.494 e. The van der Waals surface area contributed by atoms with Crippen LogP contribution in [0.4, 0.5) is 5.88 Å². The summed E-state index contributed by atoms with van der Waals surface area (Å²) < 4.78 is 16.3. The van der Waals surface area contributed by atoms with Crippen LogP contribution in [0.5, 0.6) is 17.4 Å². The average Bonchev–Trinajstić information content (AvgIpc) is 3.08. The van der Waals surface area contributed by atoms with Gasteiger partial charge in [0.1, 0.15) is 11.5 Å². The van der Waals surface area contributed by atoms with Gasteiger partial charge < -0.3 is 19.3 Å². The van der Waals surface area contributed by atoms with E-state index < -0.39 is 0 Å². The van der Waals surface area contributed by atoms with Crippen LogP contribution in [0.25, 0.3) is 6.08 Å². The van der Waals surface area contributed by atoms with Gasteiger partial charge in [-0.25, -0.2) is 4.98 Å². The lowest BCUT2D eigenvalue weighted by Gasteiger charge is -2.09. The summed E-state index contributed by atoms with van der Waals surface area (Å²) in [7, 11) is 0. The topological polar surface area (TPSA) is 69.4 Å². The average molecular weight is 400 g/mol. The fourth-order valence-corrected chi connectivity index (χ4v) is 2.65. The molecule has 0 aliphatic carbocycles. The van der Waals surface area contributed by atoms with E-state index >= 15 is 0 Å². The lowest BCUT2D eigenvalue weighted by molar-refractivity contribution is 0.339. The normalized spacial score (nSPS) is 12.1. The molecule has 0 aliphatic rings. The van der Waals surface area contributed by atoms with Crippen molar-refractivity contribution in [3.8, 4) is 17.4 Å². The highest BCUT2D eigenvalue weighted by molar-refractivity contribution is 6.32. The molecule has 6 nitrogen and oxygen atoms in total. The molecule has 0 saturated carbocycles. The molecule has 7 heteroatoms. The summed E-state index contributed by atoms with van der Waals surface area (Å²) in [6.07, 6.45) is 5.72. The van der Waals surface area contributed by atoms with Crippen LogP contribution in [0.3, 0.4) is 0 Å². The van der Waals surface area contributed by atoms with Crippen LogP contribution in [-0.4, -0.2) is 22.8 Å². The predicted octanol–water partition coefficient (Wildman–Crippen LogP) is 5.74. The Labute approximate surface area is 169 Å². The molecule has 0 fully saturated rings. The first-order valence-electron chi connectivity index (χ1n) is 8.98. The second-order valence-corrected chi connectivity index (χ2v) is 6.59. The van der Waals surface area contributed by atoms with E-state index in [2.05, 4.69) is 15.5 Å². The second kappa shape index (κ2) is 9.28. The van der Waals surface area contributed by atoms with Gasteiger partial charge in [0.2, 0.25) is 11.8 Å². The van der Waals surface area contributed by atoms with Gasteiger partial charge in [0, 0.05) is 30.4 Å². The van der Waals surface area contributed by atoms with Crippen molar-refractivity contribution in [2.24, 2.45) is 0 Å². The molecule has 146 valence electrons. The maximum atomic E-state index is 6.24. The van der Waals surface area contributed by atoms with Gasteiger partial charge in [0.25, 0.3) is 0 Å². The fraction of sp³-hybridized carbons (Fsp3) is 0.238. The zero-order valence-electron chi connectivity index (χ0n) is 16.0. The van der Waals surface area contributed by atoms with E-state index in [1.165, 1.54) is 0 Å². The zero-order chi connectivity index (χ0) is 19.9. The Morgan fingerprint density at radius 2 is 2.11 bits per heavy atom. The minimum atomic E-state index is 0.0749. The molecule has 0 spiro atoms. The summed E-state index contributed by atoms with van der Waals surface area (Å²) in [6.45, 7) is 6.40. The van der Waals surface area contributed by atoms with E-state index in [0.29, 0.717) is 34.9 Å². The number of hydrogen-bond acceptors (Lipinski definition) is 6. The van der Waals surface area contributed by atoms with Gasteiger partial charge in [-0.2, -0.15) is 0 Å². The summed E-state index contributed by atoms with van der Waals surface area (Å²) in [5, 5.41) is 7.53. The van der Waals surface area contributed by atoms with Crippen molar-refractivity contribution in [1.29, 1.82) is 0 Å². The molecular weight excluding hydrogens is 378 g/mol. The number of aromatic nitrogens is 2. The zero-order valence-corrected chi connectivity index (χ0v) is 16.7. The Morgan fingerprint density at radius 3 is 2.75 bits per heavy atom. The summed E-state index contributed by atoms with van der Waals surface area (Å²) >= 11 is 6.24. The quantitative estimate of drug-likeness (QED) is 0.521. The van der Waals surface area contributed by atoms with Gasteiger partial charge in [-0.1, -0.05) is 28.9 Å². The van der Waals surface area contributed by atoms with Crippen molar-refractivity contribution < 1.29 is 14.0 Å². The minimum Gasteiger partial charge on any atom is -0.494 e. The van der Waals surface area contributed by atoms with E-state index in [4.69, 9.17) is 25.6 Å². The number of nitrogens with zero attached hydrogens (tertiary/aromatic N) is 2. The number of benzene rings is 1. The molecule has 0 bridgehead atoms. The molecule has 1 atom stereocenters. The van der Waals surface area contributed by atoms with Crippen LogP contribution in [0, 0.1) is 6.92 Å². The standard InChI is InChI=1S/C21H22ClN3O3/c1-4-26-17-8-9-19(18(22)12-17)27-20-10-7-16(13-23-20)6-5-14(2)24-21-11-15(3)25-28-21/h5-14,24H,4H2,1-3H3/b6-5+/t14-/m0/s1. The van der Waals surface area contributed by atoms with E-state index in [9.17, 15) is 0 Å². The van der Waals surface area contributed by atoms with Gasteiger partial charge in [0.15, 0.2) is 0 Å². The number of anilines is 1. The molecule has 28 heavy (non-hydrogen) atoms. The first kappa shape index (κ1) is 19.8. The number of halogens is 1. The van der Waals surface area contributed by atoms with Crippen molar-refractivity contribution in [2.75, 3.05) is 11.9 Å². The van der Waals surface area contributed by atoms with Gasteiger partial charge in [-0.15, -0.1) is 0 Å². The monoisotopic (exact) mass is 399 g/mol. The SMILES string of the molecule is CCOc1ccc(Oc2ccc(/C=C/[C@H](C)Nc3cc(C)no3)cn2)c(Cl)c1. The molecule has 0 amide bonds. The number of hydrogen-bond donors (Lipinski definition) is 1. The summed E-state index contributed by atoms with van der Waals surface area (Å²) in [4.78, 5) is 4.33. The molecule has 2 aromatic heterocycles. The highest BCUT2D eigenvalue weighted by Crippen LogP contribution is 2.31. The second-order valence-electron chi connectivity index (χ2n) is 6.18. The fourth-order valence-electron chi connectivity index (χ4n) is 2.44. The molecular formula is C21H22ClN3O3. The summed E-state index contributed by atoms with van der Waals surface area (Å²) in [6, 6.07) is 10.9. The molecule has 0 radical (unpaired) electrons. The summed E-state index contributed by atoms with van der Waals surface area (Å²) in [5.41, 5.74) is 1.79. The summed E-state index contributed by atoms with van der Waals surface area (Å²) in [5.74, 6) is 2.34. The number of aryl methyl sites for hydroxylation is 1. The van der Waals surface area contributed by atoms with Gasteiger partial charge in [0.05, 0.1) is 17.3 Å². The van der Waals surface area contributed by atoms with E-state index in [-0.39, 0.29) is 6.04 Å². The van der Waals surface area contributed by atoms with Crippen LogP contribution >= 0.6 is 11.6 Å². The molecule has 1 aromatic carbocycles. The van der Waals surface area contributed by atoms with E-state index in [1.54, 1.807) is 24.4 Å². The number of ether oxygens (including phenoxy) is 2. The van der Waals surface area contributed by atoms with Crippen LogP contribution in [0.15, 0.2) is 53.2 Å². The maximum absolute atomic E-state index is 6.24. The van der Waals surface area contributed by atoms with Crippen molar-refractivity contribution in [2.45, 2.75) is 26.8 Å². The Hall–Kier alpha value is -2.99. The van der Waals surface area contributed by atoms with Gasteiger partial charge >= 0.3 is 0 Å². The van der Waals surface area contributed by atoms with Crippen LogP contribution in [0.2, 0.25) is 5.02 Å². The van der Waals surface area contributed by atoms with Crippen molar-refractivity contribution in [3.63, 3.8) is 0 Å². The smallest absolute Gasteiger partial charge is 0.225 e. The molecule has 3 aromatic rings. The van der Waals surface area contributed by atoms with E-state index in [1.807, 2.05) is 51.1 Å². The molecule has 0 aliphatic heterocycles. The predicted molar refractivity (Wildman–Crippen MR) is 110 cm³/mol.